The number of amides is 1. The molecule has 1 heterocycles. The van der Waals surface area contributed by atoms with Crippen LogP contribution in [-0.4, -0.2) is 12.0 Å². The molecule has 4 heteroatoms. The quantitative estimate of drug-likeness (QED) is 0.852. The van der Waals surface area contributed by atoms with Crippen molar-refractivity contribution in [3.05, 3.63) is 54.1 Å². The Morgan fingerprint density at radius 3 is 2.80 bits per heavy atom. The minimum atomic E-state index is -0.467. The highest BCUT2D eigenvalue weighted by Crippen LogP contribution is 2.34. The number of hydrogen-bond donors (Lipinski definition) is 1. The van der Waals surface area contributed by atoms with E-state index in [0.29, 0.717) is 12.2 Å². The number of nitrogens with zero attached hydrogens (tertiary/aromatic N) is 1. The maximum atomic E-state index is 12.3. The summed E-state index contributed by atoms with van der Waals surface area (Å²) in [5.74, 6) is 0.703. The van der Waals surface area contributed by atoms with Gasteiger partial charge in [-0.15, -0.1) is 0 Å². The van der Waals surface area contributed by atoms with Crippen molar-refractivity contribution in [1.29, 1.82) is 0 Å². The lowest BCUT2D eigenvalue weighted by Gasteiger charge is -2.33. The van der Waals surface area contributed by atoms with Gasteiger partial charge in [0.1, 0.15) is 5.75 Å². The third kappa shape index (κ3) is 2.20. The summed E-state index contributed by atoms with van der Waals surface area (Å²) < 4.78 is 5.62. The molecular formula is C16H16N2O2. The van der Waals surface area contributed by atoms with E-state index in [2.05, 4.69) is 0 Å². The summed E-state index contributed by atoms with van der Waals surface area (Å²) in [4.78, 5) is 14.1. The zero-order valence-electron chi connectivity index (χ0n) is 11.2. The summed E-state index contributed by atoms with van der Waals surface area (Å²) in [6.45, 7) is 2.26. The van der Waals surface area contributed by atoms with E-state index in [1.165, 1.54) is 0 Å². The molecule has 102 valence electrons. The van der Waals surface area contributed by atoms with E-state index in [1.807, 2.05) is 48.5 Å². The van der Waals surface area contributed by atoms with E-state index in [4.69, 9.17) is 10.5 Å². The number of nitrogen functional groups attached to an aromatic ring is 1. The molecule has 1 atom stereocenters. The number of fused-ring (bicyclic) bond motifs is 1. The number of nitrogens with two attached hydrogens (primary N) is 1. The van der Waals surface area contributed by atoms with Crippen LogP contribution in [0.2, 0.25) is 0 Å². The highest BCUT2D eigenvalue weighted by Gasteiger charge is 2.31. The normalized spacial score (nSPS) is 17.6. The molecule has 4 nitrogen and oxygen atoms in total. The number of carbonyl (C=O) groups excluding carboxylic acids is 1. The van der Waals surface area contributed by atoms with Gasteiger partial charge in [-0.1, -0.05) is 24.3 Å². The Morgan fingerprint density at radius 1 is 1.20 bits per heavy atom. The predicted octanol–water partition coefficient (Wildman–Crippen LogP) is 2.58. The standard InChI is InChI=1S/C16H16N2O2/c1-11-16(19)18(10-12-5-4-6-13(17)9-12)14-7-2-3-8-15(14)20-11/h2-9,11H,10,17H2,1H3. The summed E-state index contributed by atoms with van der Waals surface area (Å²) in [7, 11) is 0. The maximum absolute atomic E-state index is 12.3. The van der Waals surface area contributed by atoms with Crippen molar-refractivity contribution in [2.45, 2.75) is 19.6 Å². The predicted molar refractivity (Wildman–Crippen MR) is 78.6 cm³/mol. The summed E-state index contributed by atoms with van der Waals surface area (Å²) in [5, 5.41) is 0. The largest absolute Gasteiger partial charge is 0.479 e. The number of rotatable bonds is 2. The Hall–Kier alpha value is -2.49. The summed E-state index contributed by atoms with van der Waals surface area (Å²) >= 11 is 0. The highest BCUT2D eigenvalue weighted by atomic mass is 16.5. The molecule has 0 saturated heterocycles. The van der Waals surface area contributed by atoms with Crippen molar-refractivity contribution >= 4 is 17.3 Å². The molecule has 0 aliphatic carbocycles. The summed E-state index contributed by atoms with van der Waals surface area (Å²) in [6, 6.07) is 15.2. The highest BCUT2D eigenvalue weighted by molar-refractivity contribution is 5.99. The molecule has 0 fully saturated rings. The summed E-state index contributed by atoms with van der Waals surface area (Å²) in [6.07, 6.45) is -0.467. The van der Waals surface area contributed by atoms with Crippen LogP contribution in [0.4, 0.5) is 11.4 Å². The van der Waals surface area contributed by atoms with E-state index in [9.17, 15) is 4.79 Å². The van der Waals surface area contributed by atoms with Crippen LogP contribution in [0, 0.1) is 0 Å². The number of hydrogen-bond acceptors (Lipinski definition) is 3. The number of anilines is 2. The molecular weight excluding hydrogens is 252 g/mol. The SMILES string of the molecule is CC1Oc2ccccc2N(Cc2cccc(N)c2)C1=O. The lowest BCUT2D eigenvalue weighted by molar-refractivity contribution is -0.125. The second kappa shape index (κ2) is 4.89. The van der Waals surface area contributed by atoms with Gasteiger partial charge in [0.25, 0.3) is 5.91 Å². The monoisotopic (exact) mass is 268 g/mol. The topological polar surface area (TPSA) is 55.6 Å². The van der Waals surface area contributed by atoms with Gasteiger partial charge in [-0.05, 0) is 36.8 Å². The van der Waals surface area contributed by atoms with Crippen LogP contribution in [-0.2, 0) is 11.3 Å². The minimum Gasteiger partial charge on any atom is -0.479 e. The molecule has 0 spiro atoms. The van der Waals surface area contributed by atoms with E-state index in [0.717, 1.165) is 17.0 Å². The molecule has 1 unspecified atom stereocenters. The van der Waals surface area contributed by atoms with E-state index in [-0.39, 0.29) is 5.91 Å². The van der Waals surface area contributed by atoms with Crippen LogP contribution < -0.4 is 15.4 Å². The lowest BCUT2D eigenvalue weighted by Crippen LogP contribution is -2.43. The van der Waals surface area contributed by atoms with Gasteiger partial charge in [0.15, 0.2) is 6.10 Å². The third-order valence-electron chi connectivity index (χ3n) is 3.37. The number of ether oxygens (including phenoxy) is 1. The van der Waals surface area contributed by atoms with Gasteiger partial charge in [0, 0.05) is 5.69 Å². The molecule has 0 radical (unpaired) electrons. The van der Waals surface area contributed by atoms with Gasteiger partial charge in [0.05, 0.1) is 12.2 Å². The number of para-hydroxylation sites is 2. The zero-order chi connectivity index (χ0) is 14.1. The van der Waals surface area contributed by atoms with Crippen molar-refractivity contribution in [2.75, 3.05) is 10.6 Å². The molecule has 0 bridgehead atoms. The van der Waals surface area contributed by atoms with Crippen LogP contribution in [0.25, 0.3) is 0 Å². The van der Waals surface area contributed by atoms with Crippen molar-refractivity contribution in [1.82, 2.24) is 0 Å². The second-order valence-corrected chi connectivity index (χ2v) is 4.90. The van der Waals surface area contributed by atoms with Crippen molar-refractivity contribution in [3.8, 4) is 5.75 Å². The fourth-order valence-corrected chi connectivity index (χ4v) is 2.40. The molecule has 1 amide bonds. The van der Waals surface area contributed by atoms with E-state index < -0.39 is 6.10 Å². The average molecular weight is 268 g/mol. The summed E-state index contributed by atoms with van der Waals surface area (Å²) in [5.41, 5.74) is 8.30. The first-order chi connectivity index (χ1) is 9.65. The van der Waals surface area contributed by atoms with Crippen LogP contribution in [0.3, 0.4) is 0 Å². The molecule has 2 aromatic carbocycles. The fourth-order valence-electron chi connectivity index (χ4n) is 2.40. The fraction of sp³-hybridized carbons (Fsp3) is 0.188. The first kappa shape index (κ1) is 12.5. The zero-order valence-corrected chi connectivity index (χ0v) is 11.2. The first-order valence-corrected chi connectivity index (χ1v) is 6.56. The van der Waals surface area contributed by atoms with Gasteiger partial charge in [-0.2, -0.15) is 0 Å². The van der Waals surface area contributed by atoms with Crippen LogP contribution >= 0.6 is 0 Å². The average Bonchev–Trinajstić information content (AvgIpc) is 2.44. The molecule has 2 aromatic rings. The Balaban J connectivity index is 1.97. The molecule has 0 saturated carbocycles. The lowest BCUT2D eigenvalue weighted by atomic mass is 10.1. The maximum Gasteiger partial charge on any atom is 0.268 e. The van der Waals surface area contributed by atoms with E-state index in [1.54, 1.807) is 11.8 Å². The number of carbonyl (C=O) groups is 1. The van der Waals surface area contributed by atoms with Crippen molar-refractivity contribution < 1.29 is 9.53 Å². The van der Waals surface area contributed by atoms with Crippen LogP contribution in [0.1, 0.15) is 12.5 Å². The van der Waals surface area contributed by atoms with Crippen molar-refractivity contribution in [3.63, 3.8) is 0 Å². The van der Waals surface area contributed by atoms with Crippen LogP contribution in [0.15, 0.2) is 48.5 Å². The van der Waals surface area contributed by atoms with Gasteiger partial charge < -0.3 is 15.4 Å². The molecule has 20 heavy (non-hydrogen) atoms. The minimum absolute atomic E-state index is 0.0360. The smallest absolute Gasteiger partial charge is 0.268 e. The Bertz CT molecular complexity index is 654. The van der Waals surface area contributed by atoms with Gasteiger partial charge in [0.2, 0.25) is 0 Å². The first-order valence-electron chi connectivity index (χ1n) is 6.56. The molecule has 2 N–H and O–H groups in total. The van der Waals surface area contributed by atoms with E-state index >= 15 is 0 Å². The molecule has 3 rings (SSSR count). The Labute approximate surface area is 117 Å². The van der Waals surface area contributed by atoms with Gasteiger partial charge >= 0.3 is 0 Å². The number of benzene rings is 2. The molecule has 1 aliphatic heterocycles. The van der Waals surface area contributed by atoms with Gasteiger partial charge in [-0.25, -0.2) is 0 Å². The molecule has 1 aliphatic rings. The van der Waals surface area contributed by atoms with Crippen LogP contribution in [0.5, 0.6) is 5.75 Å². The van der Waals surface area contributed by atoms with Gasteiger partial charge in [-0.3, -0.25) is 4.79 Å². The third-order valence-corrected chi connectivity index (χ3v) is 3.37. The molecule has 0 aromatic heterocycles. The van der Waals surface area contributed by atoms with Crippen molar-refractivity contribution in [2.24, 2.45) is 0 Å². The Morgan fingerprint density at radius 2 is 2.00 bits per heavy atom. The second-order valence-electron chi connectivity index (χ2n) is 4.90. The Kier molecular flexibility index (Phi) is 3.06.